The number of aliphatic imine (C=N–C) groups is 1. The molecule has 0 radical (unpaired) electrons. The molecule has 1 unspecified atom stereocenters. The quantitative estimate of drug-likeness (QED) is 0.743. The van der Waals surface area contributed by atoms with Crippen LogP contribution in [0.4, 0.5) is 5.69 Å². The second-order valence-electron chi connectivity index (χ2n) is 9.66. The number of hydrogen-bond acceptors (Lipinski definition) is 3. The third-order valence-corrected chi connectivity index (χ3v) is 8.50. The summed E-state index contributed by atoms with van der Waals surface area (Å²) in [6.45, 7) is 3.75. The summed E-state index contributed by atoms with van der Waals surface area (Å²) in [6, 6.07) is 8.28. The molecule has 5 heteroatoms. The summed E-state index contributed by atoms with van der Waals surface area (Å²) in [5.74, 6) is 3.70. The number of anilines is 1. The molecule has 1 amide bonds. The molecule has 4 nitrogen and oxygen atoms in total. The maximum atomic E-state index is 12.5. The fraction of sp³-hybridized carbons (Fsp3) is 0.652. The van der Waals surface area contributed by atoms with Gasteiger partial charge in [-0.25, -0.2) is 0 Å². The first kappa shape index (κ1) is 18.5. The highest BCUT2D eigenvalue weighted by Crippen LogP contribution is 2.57. The van der Waals surface area contributed by atoms with E-state index in [1.165, 1.54) is 44.1 Å². The summed E-state index contributed by atoms with van der Waals surface area (Å²) in [7, 11) is 2.12. The third kappa shape index (κ3) is 3.16. The van der Waals surface area contributed by atoms with Gasteiger partial charge < -0.3 is 4.90 Å². The number of carbonyl (C=O) groups excluding carboxylic acids is 1. The number of amides is 1. The Labute approximate surface area is 172 Å². The van der Waals surface area contributed by atoms with Gasteiger partial charge >= 0.3 is 0 Å². The maximum absolute atomic E-state index is 12.5. The highest BCUT2D eigenvalue weighted by molar-refractivity contribution is 8.14. The molecule has 1 atom stereocenters. The van der Waals surface area contributed by atoms with Crippen molar-refractivity contribution in [1.29, 1.82) is 0 Å². The van der Waals surface area contributed by atoms with E-state index in [2.05, 4.69) is 43.1 Å². The van der Waals surface area contributed by atoms with Gasteiger partial charge in [-0.05, 0) is 75.3 Å². The van der Waals surface area contributed by atoms with Crippen LogP contribution in [0.5, 0.6) is 0 Å². The Morgan fingerprint density at radius 1 is 1.11 bits per heavy atom. The lowest BCUT2D eigenvalue weighted by atomic mass is 9.53. The molecule has 28 heavy (non-hydrogen) atoms. The van der Waals surface area contributed by atoms with E-state index in [-0.39, 0.29) is 17.6 Å². The molecule has 1 aromatic carbocycles. The van der Waals surface area contributed by atoms with E-state index in [0.29, 0.717) is 0 Å². The molecule has 150 valence electrons. The van der Waals surface area contributed by atoms with E-state index >= 15 is 0 Å². The van der Waals surface area contributed by atoms with E-state index in [4.69, 9.17) is 4.99 Å². The number of carbonyl (C=O) groups is 1. The normalized spacial score (nSPS) is 37.7. The Kier molecular flexibility index (Phi) is 4.49. The van der Waals surface area contributed by atoms with Crippen molar-refractivity contribution in [2.45, 2.75) is 64.1 Å². The van der Waals surface area contributed by atoms with Crippen molar-refractivity contribution in [2.24, 2.45) is 22.7 Å². The second kappa shape index (κ2) is 6.79. The van der Waals surface area contributed by atoms with Gasteiger partial charge in [-0.2, -0.15) is 0 Å². The van der Waals surface area contributed by atoms with Crippen LogP contribution in [0.2, 0.25) is 0 Å². The summed E-state index contributed by atoms with van der Waals surface area (Å²) in [4.78, 5) is 22.1. The van der Waals surface area contributed by atoms with Crippen LogP contribution in [-0.4, -0.2) is 40.5 Å². The van der Waals surface area contributed by atoms with Gasteiger partial charge in [-0.1, -0.05) is 29.5 Å². The Morgan fingerprint density at radius 2 is 1.68 bits per heavy atom. The van der Waals surface area contributed by atoms with Crippen LogP contribution in [0.25, 0.3) is 0 Å². The van der Waals surface area contributed by atoms with Crippen LogP contribution in [-0.2, 0) is 4.79 Å². The summed E-state index contributed by atoms with van der Waals surface area (Å²) in [6.07, 6.45) is 8.24. The molecule has 4 saturated carbocycles. The third-order valence-electron chi connectivity index (χ3n) is 7.40. The average molecular weight is 398 g/mol. The monoisotopic (exact) mass is 397 g/mol. The van der Waals surface area contributed by atoms with Crippen LogP contribution >= 0.6 is 11.8 Å². The molecule has 1 saturated heterocycles. The van der Waals surface area contributed by atoms with Gasteiger partial charge in [0.15, 0.2) is 5.17 Å². The van der Waals surface area contributed by atoms with Crippen molar-refractivity contribution in [3.63, 3.8) is 0 Å². The molecule has 0 aromatic heterocycles. The Hall–Kier alpha value is -1.49. The number of benzene rings is 1. The predicted molar refractivity (Wildman–Crippen MR) is 117 cm³/mol. The maximum Gasteiger partial charge on any atom is 0.225 e. The molecular formula is C23H31N3OS. The van der Waals surface area contributed by atoms with Crippen molar-refractivity contribution >= 4 is 28.5 Å². The number of rotatable bonds is 3. The van der Waals surface area contributed by atoms with E-state index < -0.39 is 0 Å². The highest BCUT2D eigenvalue weighted by Gasteiger charge is 2.51. The zero-order valence-corrected chi connectivity index (χ0v) is 18.0. The topological polar surface area (TPSA) is 35.9 Å². The van der Waals surface area contributed by atoms with E-state index in [0.717, 1.165) is 34.4 Å². The molecule has 6 rings (SSSR count). The van der Waals surface area contributed by atoms with Crippen LogP contribution < -0.4 is 4.90 Å². The second-order valence-corrected chi connectivity index (χ2v) is 10.7. The number of amidine groups is 1. The lowest BCUT2D eigenvalue weighted by Gasteiger charge is -2.55. The van der Waals surface area contributed by atoms with Crippen molar-refractivity contribution < 1.29 is 4.79 Å². The minimum absolute atomic E-state index is 0.0397. The zero-order chi connectivity index (χ0) is 19.5. The van der Waals surface area contributed by atoms with E-state index in [9.17, 15) is 4.79 Å². The minimum Gasteiger partial charge on any atom is -0.333 e. The predicted octanol–water partition coefficient (Wildman–Crippen LogP) is 4.68. The zero-order valence-electron chi connectivity index (χ0n) is 17.2. The van der Waals surface area contributed by atoms with Gasteiger partial charge in [0.2, 0.25) is 5.91 Å². The number of nitrogens with zero attached hydrogens (tertiary/aromatic N) is 3. The molecule has 5 aliphatic rings. The van der Waals surface area contributed by atoms with Gasteiger partial charge in [0.05, 0.1) is 5.54 Å². The summed E-state index contributed by atoms with van der Waals surface area (Å²) >= 11 is 1.83. The number of aryl methyl sites for hydroxylation is 1. The Balaban J connectivity index is 1.40. The largest absolute Gasteiger partial charge is 0.333 e. The molecule has 0 spiro atoms. The molecular weight excluding hydrogens is 366 g/mol. The molecule has 0 N–H and O–H groups in total. The lowest BCUT2D eigenvalue weighted by molar-refractivity contribution is -0.117. The highest BCUT2D eigenvalue weighted by atomic mass is 32.2. The smallest absolute Gasteiger partial charge is 0.225 e. The van der Waals surface area contributed by atoms with Crippen LogP contribution in [0.3, 0.4) is 0 Å². The van der Waals surface area contributed by atoms with Crippen molar-refractivity contribution in [2.75, 3.05) is 17.7 Å². The van der Waals surface area contributed by atoms with Crippen LogP contribution in [0, 0.1) is 24.7 Å². The fourth-order valence-corrected chi connectivity index (χ4v) is 7.78. The van der Waals surface area contributed by atoms with Crippen LogP contribution in [0.1, 0.15) is 51.0 Å². The first-order valence-electron chi connectivity index (χ1n) is 10.7. The first-order chi connectivity index (χ1) is 13.4. The SMILES string of the molecule is CC(=O)N(c1ccc(C)cc1)C1CSC(=NC23CC4CC(CC(C4)C2)C3)N1C. The summed E-state index contributed by atoms with van der Waals surface area (Å²) in [5, 5.41) is 1.14. The standard InChI is InChI=1S/C23H31N3OS/c1-15-4-6-20(7-5-15)26(16(2)27)21-14-28-22(25(21)3)24-23-11-17-8-18(12-23)10-19(9-17)13-23/h4-7,17-19,21H,8-14H2,1-3H3. The molecule has 1 aliphatic heterocycles. The van der Waals surface area contributed by atoms with Gasteiger partial charge in [0, 0.05) is 25.4 Å². The van der Waals surface area contributed by atoms with Gasteiger partial charge in [-0.15, -0.1) is 0 Å². The van der Waals surface area contributed by atoms with Crippen molar-refractivity contribution in [1.82, 2.24) is 4.90 Å². The van der Waals surface area contributed by atoms with E-state index in [1.807, 2.05) is 16.7 Å². The first-order valence-corrected chi connectivity index (χ1v) is 11.7. The summed E-state index contributed by atoms with van der Waals surface area (Å²) in [5.41, 5.74) is 2.38. The lowest BCUT2D eigenvalue weighted by Crippen LogP contribution is -2.51. The molecule has 1 aromatic rings. The Bertz CT molecular complexity index is 767. The molecule has 1 heterocycles. The molecule has 4 aliphatic carbocycles. The van der Waals surface area contributed by atoms with Crippen molar-refractivity contribution in [3.8, 4) is 0 Å². The summed E-state index contributed by atoms with van der Waals surface area (Å²) < 4.78 is 0. The van der Waals surface area contributed by atoms with E-state index in [1.54, 1.807) is 6.92 Å². The number of hydrogen-bond donors (Lipinski definition) is 0. The Morgan fingerprint density at radius 3 is 2.21 bits per heavy atom. The molecule has 5 fully saturated rings. The molecule has 4 bridgehead atoms. The number of thioether (sulfide) groups is 1. The fourth-order valence-electron chi connectivity index (χ4n) is 6.52. The van der Waals surface area contributed by atoms with Gasteiger partial charge in [0.25, 0.3) is 0 Å². The van der Waals surface area contributed by atoms with Gasteiger partial charge in [-0.3, -0.25) is 14.7 Å². The minimum atomic E-state index is 0.0397. The van der Waals surface area contributed by atoms with Gasteiger partial charge in [0.1, 0.15) is 6.17 Å². The van der Waals surface area contributed by atoms with Crippen LogP contribution in [0.15, 0.2) is 29.3 Å². The average Bonchev–Trinajstić information content (AvgIpc) is 2.95. The van der Waals surface area contributed by atoms with Crippen molar-refractivity contribution in [3.05, 3.63) is 29.8 Å².